The normalized spacial score (nSPS) is 21.3. The van der Waals surface area contributed by atoms with E-state index in [1.807, 2.05) is 40.7 Å². The Balaban J connectivity index is 0.745. The number of ether oxygens (including phenoxy) is 3. The zero-order valence-electron chi connectivity index (χ0n) is 45.5. The molecule has 7 N–H and O–H groups in total. The second-order valence-electron chi connectivity index (χ2n) is 21.8. The summed E-state index contributed by atoms with van der Waals surface area (Å²) in [5.74, 6) is 5.58. The van der Waals surface area contributed by atoms with Crippen LogP contribution in [0.15, 0.2) is 52.8 Å². The number of fused-ring (bicyclic) bond motifs is 4. The molecule has 2 unspecified atom stereocenters. The summed E-state index contributed by atoms with van der Waals surface area (Å²) in [5, 5.41) is 28.4. The van der Waals surface area contributed by atoms with E-state index in [9.17, 15) is 29.1 Å². The highest BCUT2D eigenvalue weighted by molar-refractivity contribution is 7.15. The number of thiophene rings is 1. The number of nitrogens with zero attached hydrogens (tertiary/aromatic N) is 7. The molecule has 0 bridgehead atoms. The Kier molecular flexibility index (Phi) is 17.7. The van der Waals surface area contributed by atoms with Gasteiger partial charge in [-0.25, -0.2) is 5.84 Å². The van der Waals surface area contributed by atoms with Crippen molar-refractivity contribution in [2.24, 2.45) is 33.3 Å². The Hall–Kier alpha value is -6.10. The molecule has 23 heteroatoms. The zero-order chi connectivity index (χ0) is 56.3. The summed E-state index contributed by atoms with van der Waals surface area (Å²) in [6, 6.07) is 9.75. The monoisotopic (exact) mass is 1140 g/mol. The number of amides is 4. The number of aryl methyl sites for hydroxylation is 2. The van der Waals surface area contributed by atoms with Gasteiger partial charge in [0.1, 0.15) is 29.2 Å². The largest absolute Gasteiger partial charge is 0.487 e. The highest BCUT2D eigenvalue weighted by atomic mass is 35.5. The number of hydrogen-bond acceptors (Lipinski definition) is 15. The van der Waals surface area contributed by atoms with Crippen molar-refractivity contribution in [1.82, 2.24) is 40.2 Å². The minimum absolute atomic E-state index is 0.00419. The molecular formula is C56H71Cl2N11O9S. The van der Waals surface area contributed by atoms with E-state index in [4.69, 9.17) is 54.0 Å². The molecule has 3 fully saturated rings. The van der Waals surface area contributed by atoms with Crippen LogP contribution in [-0.2, 0) is 39.9 Å². The Morgan fingerprint density at radius 2 is 1.68 bits per heavy atom. The van der Waals surface area contributed by atoms with Gasteiger partial charge in [-0.2, -0.15) is 0 Å². The van der Waals surface area contributed by atoms with Crippen LogP contribution in [0.5, 0.6) is 5.75 Å². The van der Waals surface area contributed by atoms with Crippen molar-refractivity contribution in [2.45, 2.75) is 104 Å². The Morgan fingerprint density at radius 3 is 2.39 bits per heavy atom. The molecule has 4 aromatic rings. The van der Waals surface area contributed by atoms with Gasteiger partial charge in [0.25, 0.3) is 0 Å². The van der Waals surface area contributed by atoms with Crippen LogP contribution in [0, 0.1) is 37.5 Å². The van der Waals surface area contributed by atoms with E-state index < -0.39 is 29.4 Å². The third-order valence-electron chi connectivity index (χ3n) is 16.4. The van der Waals surface area contributed by atoms with Crippen molar-refractivity contribution in [1.29, 1.82) is 0 Å². The van der Waals surface area contributed by atoms with Gasteiger partial charge in [-0.05, 0) is 101 Å². The minimum atomic E-state index is -1.22. The standard InChI is InChI=1S/C56H71Cl2N11O9S/c1-32-33(2)79-53-48(32)50(35-9-11-36(57)12-10-35)63-41(51-65-64-34(3)69(51)53)26-46(71)62-20-24-76-23-16-45(70)61-21-25-77-30-43(66(5)60)40(59)29-78-44-14-13-39(58)37-15-22-68(52(73)38-8-6-7-17-55(38,4)54(74)75)42(49(37)44)28-67-31-56(18-19-56)27-47(67)72/h9-14,38,41-42H,6-8,15-31,59-60H2,1-5H3,(H,61,70)(H,62,71)(H,74,75)/b43-40-/t38?,41-,42?,55-/m0/s1. The van der Waals surface area contributed by atoms with E-state index in [2.05, 4.69) is 34.7 Å². The van der Waals surface area contributed by atoms with Gasteiger partial charge in [0, 0.05) is 84.2 Å². The van der Waals surface area contributed by atoms with Gasteiger partial charge in [0.05, 0.1) is 67.3 Å². The lowest BCUT2D eigenvalue weighted by atomic mass is 9.66. The number of carbonyl (C=O) groups is 5. The first kappa shape index (κ1) is 57.6. The maximum absolute atomic E-state index is 14.7. The number of rotatable bonds is 22. The molecule has 20 nitrogen and oxygen atoms in total. The average Bonchev–Trinajstić information content (AvgIpc) is 3.96. The molecule has 1 saturated heterocycles. The van der Waals surface area contributed by atoms with Gasteiger partial charge in [-0.3, -0.25) is 33.5 Å². The number of nitrogens with one attached hydrogen (secondary N) is 2. The molecule has 9 rings (SSSR count). The number of nitrogens with two attached hydrogens (primary N) is 2. The van der Waals surface area contributed by atoms with Gasteiger partial charge >= 0.3 is 5.97 Å². The van der Waals surface area contributed by atoms with Crippen molar-refractivity contribution in [2.75, 3.05) is 72.8 Å². The Labute approximate surface area is 474 Å². The van der Waals surface area contributed by atoms with Gasteiger partial charge in [0.15, 0.2) is 5.82 Å². The summed E-state index contributed by atoms with van der Waals surface area (Å²) in [4.78, 5) is 76.9. The van der Waals surface area contributed by atoms with E-state index in [0.29, 0.717) is 77.5 Å². The Morgan fingerprint density at radius 1 is 0.949 bits per heavy atom. The maximum atomic E-state index is 14.7. The number of halogens is 2. The molecule has 0 radical (unpaired) electrons. The highest BCUT2D eigenvalue weighted by Gasteiger charge is 2.54. The van der Waals surface area contributed by atoms with Crippen molar-refractivity contribution in [3.8, 4) is 10.8 Å². The lowest BCUT2D eigenvalue weighted by molar-refractivity contribution is -0.162. The van der Waals surface area contributed by atoms with Gasteiger partial charge in [0.2, 0.25) is 23.6 Å². The molecule has 2 saturated carbocycles. The molecule has 3 aliphatic heterocycles. The molecule has 2 aromatic carbocycles. The minimum Gasteiger partial charge on any atom is -0.487 e. The van der Waals surface area contributed by atoms with E-state index in [1.165, 1.54) is 5.01 Å². The van der Waals surface area contributed by atoms with Crippen LogP contribution < -0.4 is 26.9 Å². The first-order valence-electron chi connectivity index (χ1n) is 27.1. The molecular weight excluding hydrogens is 1070 g/mol. The summed E-state index contributed by atoms with van der Waals surface area (Å²) >= 11 is 14.8. The van der Waals surface area contributed by atoms with Crippen molar-refractivity contribution in [3.63, 3.8) is 0 Å². The van der Waals surface area contributed by atoms with Gasteiger partial charge < -0.3 is 50.5 Å². The molecule has 2 aromatic heterocycles. The number of aliphatic imine (C=N–C) groups is 1. The maximum Gasteiger partial charge on any atom is 0.310 e. The summed E-state index contributed by atoms with van der Waals surface area (Å²) in [5.41, 5.74) is 11.3. The number of hydrazine groups is 1. The third kappa shape index (κ3) is 12.5. The smallest absolute Gasteiger partial charge is 0.310 e. The quantitative estimate of drug-likeness (QED) is 0.0330. The first-order chi connectivity index (χ1) is 37.8. The predicted molar refractivity (Wildman–Crippen MR) is 299 cm³/mol. The van der Waals surface area contributed by atoms with E-state index in [1.54, 1.807) is 42.3 Å². The molecule has 4 amide bonds. The lowest BCUT2D eigenvalue weighted by Crippen LogP contribution is -2.52. The number of hydrogen-bond donors (Lipinski definition) is 5. The first-order valence-corrected chi connectivity index (χ1v) is 28.6. The van der Waals surface area contributed by atoms with Gasteiger partial charge in [-0.1, -0.05) is 48.2 Å². The fraction of sp³-hybridized carbons (Fsp3) is 0.536. The Bertz CT molecular complexity index is 3050. The third-order valence-corrected chi connectivity index (χ3v) is 18.2. The summed E-state index contributed by atoms with van der Waals surface area (Å²) in [6.07, 6.45) is 5.34. The number of carboxylic acids is 1. The molecule has 5 heterocycles. The molecule has 4 atom stereocenters. The summed E-state index contributed by atoms with van der Waals surface area (Å²) < 4.78 is 20.1. The number of aliphatic carboxylic acids is 1. The van der Waals surface area contributed by atoms with Gasteiger partial charge in [-0.15, -0.1) is 21.5 Å². The molecule has 2 aliphatic carbocycles. The van der Waals surface area contributed by atoms with E-state index in [-0.39, 0.29) is 100 Å². The number of aromatic nitrogens is 3. The second-order valence-corrected chi connectivity index (χ2v) is 23.8. The van der Waals surface area contributed by atoms with Crippen molar-refractivity contribution in [3.05, 3.63) is 102 Å². The van der Waals surface area contributed by atoms with Crippen LogP contribution in [0.25, 0.3) is 5.00 Å². The van der Waals surface area contributed by atoms with Crippen LogP contribution in [0.1, 0.15) is 121 Å². The van der Waals surface area contributed by atoms with Crippen molar-refractivity contribution >= 4 is 69.8 Å². The number of likely N-dealkylation sites (N-methyl/N-ethyl adjacent to an activating group) is 1. The number of carbonyl (C=O) groups excluding carboxylic acids is 4. The van der Waals surface area contributed by atoms with Crippen molar-refractivity contribution < 1.29 is 43.3 Å². The van der Waals surface area contributed by atoms with Crippen LogP contribution in [0.4, 0.5) is 0 Å². The molecule has 79 heavy (non-hydrogen) atoms. The van der Waals surface area contributed by atoms with Crippen LogP contribution in [0.2, 0.25) is 10.0 Å². The van der Waals surface area contributed by atoms with E-state index >= 15 is 0 Å². The molecule has 424 valence electrons. The SMILES string of the molecule is Cc1sc2c(c1C)C(c1ccc(Cl)cc1)=N[C@@H](CC(=O)NCCOCCC(=O)NCCOC/C(=C(/N)COc1ccc(Cl)c3c1C(CN1CC4(CC4)CC1=O)N(C(=O)C1CCCC[C@]1(C)C(=O)O)CC3)N(C)N)c1nnc(C)n1-2. The average molecular weight is 1150 g/mol. The molecule has 1 spiro atoms. The second kappa shape index (κ2) is 24.3. The summed E-state index contributed by atoms with van der Waals surface area (Å²) in [6.45, 7) is 9.66. The molecule has 5 aliphatic rings. The van der Waals surface area contributed by atoms with Crippen LogP contribution in [-0.4, -0.2) is 143 Å². The summed E-state index contributed by atoms with van der Waals surface area (Å²) in [7, 11) is 1.62. The number of benzene rings is 2. The lowest BCUT2D eigenvalue weighted by Gasteiger charge is -2.45. The number of likely N-dealkylation sites (tertiary alicyclic amines) is 1. The fourth-order valence-electron chi connectivity index (χ4n) is 11.5. The number of carboxylic acid groups (broad SMARTS) is 1. The topological polar surface area (TPSA) is 262 Å². The van der Waals surface area contributed by atoms with Crippen LogP contribution in [0.3, 0.4) is 0 Å². The van der Waals surface area contributed by atoms with Crippen LogP contribution >= 0.6 is 34.5 Å². The zero-order valence-corrected chi connectivity index (χ0v) is 47.8. The fourth-order valence-corrected chi connectivity index (χ4v) is 13.1. The highest BCUT2D eigenvalue weighted by Crippen LogP contribution is 2.54. The van der Waals surface area contributed by atoms with E-state index in [0.717, 1.165) is 63.5 Å². The predicted octanol–water partition coefficient (Wildman–Crippen LogP) is 6.27.